The molecule has 0 saturated heterocycles. The number of methoxy groups -OCH3 is 2. The van der Waals surface area contributed by atoms with E-state index in [2.05, 4.69) is 6.58 Å². The van der Waals surface area contributed by atoms with Gasteiger partial charge in [-0.25, -0.2) is 0 Å². The fourth-order valence-electron chi connectivity index (χ4n) is 1.65. The van der Waals surface area contributed by atoms with Gasteiger partial charge < -0.3 is 19.3 Å². The Kier molecular flexibility index (Phi) is 9.87. The third-order valence-electron chi connectivity index (χ3n) is 2.69. The minimum absolute atomic E-state index is 0.0148. The zero-order valence-corrected chi connectivity index (χ0v) is 11.9. The van der Waals surface area contributed by atoms with E-state index in [9.17, 15) is 5.11 Å². The zero-order valence-electron chi connectivity index (χ0n) is 11.9. The molecular formula is C14H26O4. The first-order valence-electron chi connectivity index (χ1n) is 6.14. The average Bonchev–Trinajstić information content (AvgIpc) is 2.36. The van der Waals surface area contributed by atoms with Crippen molar-refractivity contribution in [3.8, 4) is 0 Å². The molecule has 0 aromatic carbocycles. The molecule has 0 aromatic heterocycles. The Morgan fingerprint density at radius 1 is 1.33 bits per heavy atom. The minimum Gasteiger partial charge on any atom is -0.389 e. The molecule has 0 spiro atoms. The molecule has 4 nitrogen and oxygen atoms in total. The smallest absolute Gasteiger partial charge is 0.101 e. The number of ether oxygens (including phenoxy) is 3. The molecule has 0 radical (unpaired) electrons. The van der Waals surface area contributed by atoms with E-state index in [-0.39, 0.29) is 12.0 Å². The van der Waals surface area contributed by atoms with Crippen LogP contribution in [-0.2, 0) is 14.2 Å². The van der Waals surface area contributed by atoms with Crippen molar-refractivity contribution in [1.82, 2.24) is 0 Å². The first-order chi connectivity index (χ1) is 8.56. The van der Waals surface area contributed by atoms with Gasteiger partial charge in [0.2, 0.25) is 0 Å². The van der Waals surface area contributed by atoms with Gasteiger partial charge in [-0.2, -0.15) is 0 Å². The van der Waals surface area contributed by atoms with Crippen LogP contribution in [0.4, 0.5) is 0 Å². The highest BCUT2D eigenvalue weighted by atomic mass is 16.5. The third kappa shape index (κ3) is 6.91. The van der Waals surface area contributed by atoms with Crippen LogP contribution in [0.1, 0.15) is 13.8 Å². The lowest BCUT2D eigenvalue weighted by Crippen LogP contribution is -2.31. The van der Waals surface area contributed by atoms with Crippen molar-refractivity contribution in [2.45, 2.75) is 26.1 Å². The topological polar surface area (TPSA) is 47.9 Å². The Balaban J connectivity index is 4.16. The van der Waals surface area contributed by atoms with E-state index in [4.69, 9.17) is 14.2 Å². The number of hydrogen-bond donors (Lipinski definition) is 1. The van der Waals surface area contributed by atoms with Gasteiger partial charge in [0.05, 0.1) is 25.9 Å². The molecule has 3 atom stereocenters. The molecule has 0 heterocycles. The van der Waals surface area contributed by atoms with Crippen LogP contribution in [-0.4, -0.2) is 51.4 Å². The molecule has 0 bridgehead atoms. The maximum atomic E-state index is 10.0. The Morgan fingerprint density at radius 3 is 2.50 bits per heavy atom. The largest absolute Gasteiger partial charge is 0.389 e. The Hall–Kier alpha value is -0.680. The fraction of sp³-hybridized carbons (Fsp3) is 0.714. The Morgan fingerprint density at radius 2 is 2.00 bits per heavy atom. The van der Waals surface area contributed by atoms with Crippen LogP contribution in [0.3, 0.4) is 0 Å². The van der Waals surface area contributed by atoms with Crippen LogP contribution >= 0.6 is 0 Å². The van der Waals surface area contributed by atoms with E-state index in [1.807, 2.05) is 19.9 Å². The molecule has 0 fully saturated rings. The van der Waals surface area contributed by atoms with Gasteiger partial charge in [-0.15, -0.1) is 6.58 Å². The lowest BCUT2D eigenvalue weighted by atomic mass is 9.97. The lowest BCUT2D eigenvalue weighted by Gasteiger charge is -2.22. The van der Waals surface area contributed by atoms with Crippen LogP contribution in [0.25, 0.3) is 0 Å². The number of aliphatic hydroxyl groups excluding tert-OH is 1. The van der Waals surface area contributed by atoms with Gasteiger partial charge >= 0.3 is 0 Å². The summed E-state index contributed by atoms with van der Waals surface area (Å²) in [6, 6.07) is 0. The van der Waals surface area contributed by atoms with E-state index >= 15 is 0 Å². The molecule has 0 aliphatic heterocycles. The van der Waals surface area contributed by atoms with Gasteiger partial charge in [0.1, 0.15) is 6.10 Å². The summed E-state index contributed by atoms with van der Waals surface area (Å²) >= 11 is 0. The summed E-state index contributed by atoms with van der Waals surface area (Å²) in [5, 5.41) is 10.0. The van der Waals surface area contributed by atoms with Gasteiger partial charge in [0.15, 0.2) is 0 Å². The molecule has 0 unspecified atom stereocenters. The van der Waals surface area contributed by atoms with Crippen LogP contribution in [0.15, 0.2) is 24.3 Å². The highest BCUT2D eigenvalue weighted by Gasteiger charge is 2.20. The van der Waals surface area contributed by atoms with E-state index in [1.54, 1.807) is 20.3 Å². The SMILES string of the molecule is C=C[C@H](OC)[C@@H](O)[C@H](C)/C=C(/C)COCCOC. The number of aliphatic hydroxyl groups is 1. The van der Waals surface area contributed by atoms with Crippen LogP contribution < -0.4 is 0 Å². The second kappa shape index (κ2) is 10.3. The maximum Gasteiger partial charge on any atom is 0.101 e. The van der Waals surface area contributed by atoms with Gasteiger partial charge in [0, 0.05) is 20.1 Å². The molecular weight excluding hydrogens is 232 g/mol. The van der Waals surface area contributed by atoms with Crippen molar-refractivity contribution in [1.29, 1.82) is 0 Å². The predicted molar refractivity (Wildman–Crippen MR) is 72.6 cm³/mol. The van der Waals surface area contributed by atoms with E-state index in [0.29, 0.717) is 19.8 Å². The highest BCUT2D eigenvalue weighted by molar-refractivity contribution is 5.04. The van der Waals surface area contributed by atoms with Gasteiger partial charge in [-0.05, 0) is 6.92 Å². The van der Waals surface area contributed by atoms with Crippen molar-refractivity contribution < 1.29 is 19.3 Å². The quantitative estimate of drug-likeness (QED) is 0.479. The first kappa shape index (κ1) is 17.3. The Bertz CT molecular complexity index is 250. The normalized spacial score (nSPS) is 17.3. The van der Waals surface area contributed by atoms with E-state index < -0.39 is 6.10 Å². The molecule has 0 aliphatic rings. The molecule has 0 saturated carbocycles. The molecule has 0 aromatic rings. The molecule has 106 valence electrons. The summed E-state index contributed by atoms with van der Waals surface area (Å²) in [5.74, 6) is -0.0148. The summed E-state index contributed by atoms with van der Waals surface area (Å²) in [6.45, 7) is 9.28. The second-order valence-corrected chi connectivity index (χ2v) is 4.34. The molecule has 0 rings (SSSR count). The van der Waals surface area contributed by atoms with E-state index in [1.165, 1.54) is 0 Å². The van der Waals surface area contributed by atoms with Crippen molar-refractivity contribution in [3.05, 3.63) is 24.3 Å². The van der Waals surface area contributed by atoms with Crippen molar-refractivity contribution in [2.24, 2.45) is 5.92 Å². The molecule has 0 aliphatic carbocycles. The summed E-state index contributed by atoms with van der Waals surface area (Å²) in [5.41, 5.74) is 1.08. The molecule has 18 heavy (non-hydrogen) atoms. The standard InChI is InChI=1S/C14H26O4/c1-6-13(17-5)14(15)12(3)9-11(2)10-18-8-7-16-4/h6,9,12-15H,1,7-8,10H2,2-5H3/b11-9-/t12-,13+,14+/m1/s1. The molecule has 1 N–H and O–H groups in total. The summed E-state index contributed by atoms with van der Waals surface area (Å²) < 4.78 is 15.4. The second-order valence-electron chi connectivity index (χ2n) is 4.34. The average molecular weight is 258 g/mol. The van der Waals surface area contributed by atoms with Crippen LogP contribution in [0, 0.1) is 5.92 Å². The van der Waals surface area contributed by atoms with Crippen LogP contribution in [0.5, 0.6) is 0 Å². The third-order valence-corrected chi connectivity index (χ3v) is 2.69. The van der Waals surface area contributed by atoms with E-state index in [0.717, 1.165) is 5.57 Å². The number of hydrogen-bond acceptors (Lipinski definition) is 4. The van der Waals surface area contributed by atoms with Crippen molar-refractivity contribution in [2.75, 3.05) is 34.0 Å². The van der Waals surface area contributed by atoms with Crippen LogP contribution in [0.2, 0.25) is 0 Å². The van der Waals surface area contributed by atoms with Gasteiger partial charge in [-0.3, -0.25) is 0 Å². The van der Waals surface area contributed by atoms with Crippen molar-refractivity contribution >= 4 is 0 Å². The highest BCUT2D eigenvalue weighted by Crippen LogP contribution is 2.14. The monoisotopic (exact) mass is 258 g/mol. The first-order valence-corrected chi connectivity index (χ1v) is 6.14. The summed E-state index contributed by atoms with van der Waals surface area (Å²) in [7, 11) is 3.21. The maximum absolute atomic E-state index is 10.0. The molecule has 4 heteroatoms. The lowest BCUT2D eigenvalue weighted by molar-refractivity contribution is -0.00174. The fourth-order valence-corrected chi connectivity index (χ4v) is 1.65. The van der Waals surface area contributed by atoms with Crippen molar-refractivity contribution in [3.63, 3.8) is 0 Å². The summed E-state index contributed by atoms with van der Waals surface area (Å²) in [6.07, 6.45) is 2.66. The summed E-state index contributed by atoms with van der Waals surface area (Å²) in [4.78, 5) is 0. The minimum atomic E-state index is -0.596. The predicted octanol–water partition coefficient (Wildman–Crippen LogP) is 1.79. The van der Waals surface area contributed by atoms with Gasteiger partial charge in [-0.1, -0.05) is 24.6 Å². The Labute approximate surface area is 110 Å². The van der Waals surface area contributed by atoms with Gasteiger partial charge in [0.25, 0.3) is 0 Å². The zero-order chi connectivity index (χ0) is 14.0. The number of rotatable bonds is 10. The molecule has 0 amide bonds.